The minimum Gasteiger partial charge on any atom is -0.356 e. The zero-order valence-corrected chi connectivity index (χ0v) is 10.3. The third-order valence-corrected chi connectivity index (χ3v) is 2.84. The zero-order valence-electron chi connectivity index (χ0n) is 9.50. The van der Waals surface area contributed by atoms with Gasteiger partial charge in [-0.05, 0) is 30.5 Å². The van der Waals surface area contributed by atoms with E-state index in [9.17, 15) is 4.39 Å². The van der Waals surface area contributed by atoms with E-state index >= 15 is 0 Å². The first-order valence-electron chi connectivity index (χ1n) is 5.25. The van der Waals surface area contributed by atoms with Crippen molar-refractivity contribution in [2.24, 2.45) is 5.92 Å². The third kappa shape index (κ3) is 2.73. The summed E-state index contributed by atoms with van der Waals surface area (Å²) in [6.07, 6.45) is 0. The highest BCUT2D eigenvalue weighted by Gasteiger charge is 2.31. The van der Waals surface area contributed by atoms with Crippen LogP contribution >= 0.6 is 12.4 Å². The molecule has 0 bridgehead atoms. The van der Waals surface area contributed by atoms with Crippen LogP contribution in [0.4, 0.5) is 4.39 Å². The average molecular weight is 246 g/mol. The Bertz CT molecular complexity index is 333. The number of rotatable bonds is 1. The molecular formula is C12H17ClFNO. The number of nitrogens with one attached hydrogen (secondary N) is 1. The summed E-state index contributed by atoms with van der Waals surface area (Å²) < 4.78 is 18.5. The second-order valence-electron chi connectivity index (χ2n) is 4.34. The van der Waals surface area contributed by atoms with Gasteiger partial charge in [0.1, 0.15) is 11.5 Å². The molecular weight excluding hydrogens is 229 g/mol. The summed E-state index contributed by atoms with van der Waals surface area (Å²) in [5.41, 5.74) is 0.496. The molecule has 0 aromatic heterocycles. The molecule has 0 saturated carbocycles. The van der Waals surface area contributed by atoms with E-state index in [1.807, 2.05) is 6.92 Å². The van der Waals surface area contributed by atoms with Crippen molar-refractivity contribution in [3.8, 4) is 0 Å². The van der Waals surface area contributed by atoms with Crippen molar-refractivity contribution >= 4 is 12.4 Å². The van der Waals surface area contributed by atoms with E-state index in [1.165, 1.54) is 12.1 Å². The van der Waals surface area contributed by atoms with Gasteiger partial charge in [-0.25, -0.2) is 4.39 Å². The summed E-state index contributed by atoms with van der Waals surface area (Å²) in [5, 5.41) is 3.34. The van der Waals surface area contributed by atoms with E-state index in [0.29, 0.717) is 5.92 Å². The van der Waals surface area contributed by atoms with Crippen LogP contribution in [0.15, 0.2) is 24.3 Å². The Kier molecular flexibility index (Phi) is 4.30. The van der Waals surface area contributed by atoms with E-state index in [-0.39, 0.29) is 18.2 Å². The summed E-state index contributed by atoms with van der Waals surface area (Å²) in [5.74, 6) is 0.310. The number of benzene rings is 1. The summed E-state index contributed by atoms with van der Waals surface area (Å²) >= 11 is 0. The van der Waals surface area contributed by atoms with Gasteiger partial charge in [-0.2, -0.15) is 0 Å². The maximum atomic E-state index is 12.8. The van der Waals surface area contributed by atoms with Crippen molar-refractivity contribution in [3.63, 3.8) is 0 Å². The van der Waals surface area contributed by atoms with E-state index in [4.69, 9.17) is 4.74 Å². The van der Waals surface area contributed by atoms with Gasteiger partial charge in [0.05, 0.1) is 6.61 Å². The molecule has 1 aromatic rings. The number of hydrogen-bond acceptors (Lipinski definition) is 2. The zero-order chi connectivity index (χ0) is 10.9. The van der Waals surface area contributed by atoms with Gasteiger partial charge in [0.2, 0.25) is 0 Å². The van der Waals surface area contributed by atoms with Crippen LogP contribution in [-0.2, 0) is 10.5 Å². The van der Waals surface area contributed by atoms with Gasteiger partial charge >= 0.3 is 0 Å². The normalized spacial score (nSPS) is 29.6. The first-order valence-corrected chi connectivity index (χ1v) is 5.25. The van der Waals surface area contributed by atoms with E-state index in [0.717, 1.165) is 18.7 Å². The molecule has 1 aliphatic rings. The maximum Gasteiger partial charge on any atom is 0.142 e. The molecule has 1 heterocycles. The Morgan fingerprint density at radius 1 is 1.38 bits per heavy atom. The van der Waals surface area contributed by atoms with Gasteiger partial charge in [-0.15, -0.1) is 12.4 Å². The molecule has 0 amide bonds. The average Bonchev–Trinajstić information content (AvgIpc) is 2.24. The molecule has 90 valence electrons. The first-order chi connectivity index (χ1) is 7.10. The van der Waals surface area contributed by atoms with Crippen molar-refractivity contribution in [2.75, 3.05) is 13.2 Å². The van der Waals surface area contributed by atoms with Gasteiger partial charge in [0.15, 0.2) is 0 Å². The highest BCUT2D eigenvalue weighted by atomic mass is 35.5. The van der Waals surface area contributed by atoms with Crippen LogP contribution in [0.2, 0.25) is 0 Å². The molecule has 0 aliphatic carbocycles. The fourth-order valence-corrected chi connectivity index (χ4v) is 1.74. The predicted molar refractivity (Wildman–Crippen MR) is 64.1 cm³/mol. The summed E-state index contributed by atoms with van der Waals surface area (Å²) in [7, 11) is 0. The Labute approximate surface area is 102 Å². The third-order valence-electron chi connectivity index (χ3n) is 2.84. The molecule has 1 aliphatic heterocycles. The molecule has 16 heavy (non-hydrogen) atoms. The standard InChI is InChI=1S/C12H16FNO.ClH/c1-9-7-14-12(2,15-8-9)10-3-5-11(13)6-4-10;/h3-6,9,14H,7-8H2,1-2H3;1H. The summed E-state index contributed by atoms with van der Waals surface area (Å²) in [6.45, 7) is 5.78. The topological polar surface area (TPSA) is 21.3 Å². The van der Waals surface area contributed by atoms with Crippen LogP contribution in [0.25, 0.3) is 0 Å². The van der Waals surface area contributed by atoms with Crippen molar-refractivity contribution in [3.05, 3.63) is 35.6 Å². The van der Waals surface area contributed by atoms with Crippen LogP contribution in [0.3, 0.4) is 0 Å². The Balaban J connectivity index is 0.00000128. The Hall–Kier alpha value is -0.640. The van der Waals surface area contributed by atoms with E-state index in [1.54, 1.807) is 12.1 Å². The fourth-order valence-electron chi connectivity index (χ4n) is 1.74. The molecule has 2 unspecified atom stereocenters. The lowest BCUT2D eigenvalue weighted by atomic mass is 10.0. The molecule has 1 N–H and O–H groups in total. The monoisotopic (exact) mass is 245 g/mol. The quantitative estimate of drug-likeness (QED) is 0.822. The van der Waals surface area contributed by atoms with Gasteiger partial charge in [-0.3, -0.25) is 5.32 Å². The molecule has 1 saturated heterocycles. The molecule has 1 aromatic carbocycles. The molecule has 2 nitrogen and oxygen atoms in total. The summed E-state index contributed by atoms with van der Waals surface area (Å²) in [4.78, 5) is 0. The van der Waals surface area contributed by atoms with E-state index < -0.39 is 5.72 Å². The van der Waals surface area contributed by atoms with Gasteiger partial charge in [0, 0.05) is 6.54 Å². The second-order valence-corrected chi connectivity index (χ2v) is 4.34. The molecule has 2 rings (SSSR count). The predicted octanol–water partition coefficient (Wildman–Crippen LogP) is 2.68. The number of halogens is 2. The van der Waals surface area contributed by atoms with E-state index in [2.05, 4.69) is 12.2 Å². The molecule has 2 atom stereocenters. The lowest BCUT2D eigenvalue weighted by Crippen LogP contribution is -2.49. The van der Waals surface area contributed by atoms with Crippen molar-refractivity contribution in [2.45, 2.75) is 19.6 Å². The van der Waals surface area contributed by atoms with Crippen LogP contribution < -0.4 is 5.32 Å². The van der Waals surface area contributed by atoms with Crippen molar-refractivity contribution in [1.82, 2.24) is 5.32 Å². The fraction of sp³-hybridized carbons (Fsp3) is 0.500. The molecule has 1 fully saturated rings. The van der Waals surface area contributed by atoms with Gasteiger partial charge in [-0.1, -0.05) is 19.1 Å². The van der Waals surface area contributed by atoms with Gasteiger partial charge < -0.3 is 4.74 Å². The van der Waals surface area contributed by atoms with Crippen LogP contribution in [-0.4, -0.2) is 13.2 Å². The first kappa shape index (κ1) is 13.4. The lowest BCUT2D eigenvalue weighted by Gasteiger charge is -2.38. The molecule has 0 spiro atoms. The smallest absolute Gasteiger partial charge is 0.142 e. The Morgan fingerprint density at radius 2 is 2.00 bits per heavy atom. The lowest BCUT2D eigenvalue weighted by molar-refractivity contribution is -0.106. The largest absolute Gasteiger partial charge is 0.356 e. The Morgan fingerprint density at radius 3 is 2.50 bits per heavy atom. The van der Waals surface area contributed by atoms with Gasteiger partial charge in [0.25, 0.3) is 0 Å². The minimum absolute atomic E-state index is 0. The van der Waals surface area contributed by atoms with Crippen LogP contribution in [0, 0.1) is 11.7 Å². The molecule has 0 radical (unpaired) electrons. The van der Waals surface area contributed by atoms with Crippen molar-refractivity contribution in [1.29, 1.82) is 0 Å². The number of hydrogen-bond donors (Lipinski definition) is 1. The highest BCUT2D eigenvalue weighted by molar-refractivity contribution is 5.85. The minimum atomic E-state index is -0.472. The number of ether oxygens (including phenoxy) is 1. The maximum absolute atomic E-state index is 12.8. The molecule has 4 heteroatoms. The summed E-state index contributed by atoms with van der Waals surface area (Å²) in [6, 6.07) is 6.45. The SMILES string of the molecule is CC1CNC(C)(c2ccc(F)cc2)OC1.Cl. The van der Waals surface area contributed by atoms with Crippen LogP contribution in [0.1, 0.15) is 19.4 Å². The van der Waals surface area contributed by atoms with Crippen LogP contribution in [0.5, 0.6) is 0 Å². The second kappa shape index (κ2) is 5.13. The van der Waals surface area contributed by atoms with Crippen molar-refractivity contribution < 1.29 is 9.13 Å². The highest BCUT2D eigenvalue weighted by Crippen LogP contribution is 2.26.